The maximum atomic E-state index is 11.4. The van der Waals surface area contributed by atoms with Gasteiger partial charge in [-0.3, -0.25) is 4.79 Å². The summed E-state index contributed by atoms with van der Waals surface area (Å²) in [5.74, 6) is 0.168. The fraction of sp³-hybridized carbons (Fsp3) is 0.680. The van der Waals surface area contributed by atoms with Gasteiger partial charge >= 0.3 is 5.97 Å². The number of anilines is 1. The number of fused-ring (bicyclic) bond motifs is 3. The van der Waals surface area contributed by atoms with Gasteiger partial charge < -0.3 is 19.7 Å². The Bertz CT molecular complexity index is 939. The zero-order chi connectivity index (χ0) is 21.4. The SMILES string of the molecule is C[C@H]1CCc2c(ccc3c2nc(COC2CCCCC2)n3C2CCC(C(=O)O)CC2)N1. The first-order chi connectivity index (χ1) is 15.1. The van der Waals surface area contributed by atoms with Gasteiger partial charge in [0.15, 0.2) is 0 Å². The predicted molar refractivity (Wildman–Crippen MR) is 121 cm³/mol. The predicted octanol–water partition coefficient (Wildman–Crippen LogP) is 5.45. The van der Waals surface area contributed by atoms with E-state index in [2.05, 4.69) is 28.9 Å². The Morgan fingerprint density at radius 2 is 1.90 bits per heavy atom. The molecule has 31 heavy (non-hydrogen) atoms. The molecular weight excluding hydrogens is 390 g/mol. The number of carboxylic acid groups (broad SMARTS) is 1. The molecule has 2 aromatic rings. The van der Waals surface area contributed by atoms with Gasteiger partial charge in [0.2, 0.25) is 0 Å². The Morgan fingerprint density at radius 3 is 2.65 bits per heavy atom. The highest BCUT2D eigenvalue weighted by Crippen LogP contribution is 2.39. The smallest absolute Gasteiger partial charge is 0.306 e. The van der Waals surface area contributed by atoms with E-state index in [1.165, 1.54) is 36.0 Å². The van der Waals surface area contributed by atoms with Crippen molar-refractivity contribution in [3.8, 4) is 0 Å². The van der Waals surface area contributed by atoms with Gasteiger partial charge in [0.05, 0.1) is 23.1 Å². The fourth-order valence-electron chi connectivity index (χ4n) is 5.87. The molecule has 2 fully saturated rings. The van der Waals surface area contributed by atoms with E-state index in [0.29, 0.717) is 24.8 Å². The first-order valence-corrected chi connectivity index (χ1v) is 12.2. The van der Waals surface area contributed by atoms with E-state index in [0.717, 1.165) is 62.7 Å². The molecule has 5 rings (SSSR count). The molecule has 2 heterocycles. The number of benzene rings is 1. The van der Waals surface area contributed by atoms with Crippen LogP contribution in [0.25, 0.3) is 11.0 Å². The molecule has 0 radical (unpaired) electrons. The Balaban J connectivity index is 1.47. The quantitative estimate of drug-likeness (QED) is 0.666. The second-order valence-electron chi connectivity index (χ2n) is 9.86. The van der Waals surface area contributed by atoms with Gasteiger partial charge in [-0.15, -0.1) is 0 Å². The first kappa shape index (κ1) is 20.8. The topological polar surface area (TPSA) is 76.4 Å². The van der Waals surface area contributed by atoms with Crippen LogP contribution in [0.5, 0.6) is 0 Å². The summed E-state index contributed by atoms with van der Waals surface area (Å²) < 4.78 is 8.75. The van der Waals surface area contributed by atoms with Crippen LogP contribution >= 0.6 is 0 Å². The van der Waals surface area contributed by atoms with Crippen LogP contribution in [0.2, 0.25) is 0 Å². The van der Waals surface area contributed by atoms with Crippen molar-refractivity contribution >= 4 is 22.7 Å². The number of nitrogens with one attached hydrogen (secondary N) is 1. The van der Waals surface area contributed by atoms with Crippen LogP contribution in [-0.2, 0) is 22.6 Å². The molecule has 2 saturated carbocycles. The molecule has 2 N–H and O–H groups in total. The largest absolute Gasteiger partial charge is 0.481 e. The maximum absolute atomic E-state index is 11.4. The van der Waals surface area contributed by atoms with Crippen molar-refractivity contribution in [3.05, 3.63) is 23.5 Å². The lowest BCUT2D eigenvalue weighted by molar-refractivity contribution is -0.143. The van der Waals surface area contributed by atoms with Crippen LogP contribution in [0.3, 0.4) is 0 Å². The van der Waals surface area contributed by atoms with Crippen molar-refractivity contribution < 1.29 is 14.6 Å². The standard InChI is InChI=1S/C25H35N3O3/c1-16-7-12-20-21(26-16)13-14-22-24(20)27-23(15-31-19-5-3-2-4-6-19)28(22)18-10-8-17(9-11-18)25(29)30/h13-14,16-19,26H,2-12,15H2,1H3,(H,29,30)/t16-,17?,18?/m0/s1. The number of ether oxygens (including phenoxy) is 1. The Labute approximate surface area is 184 Å². The number of hydrogen-bond acceptors (Lipinski definition) is 4. The van der Waals surface area contributed by atoms with E-state index < -0.39 is 5.97 Å². The van der Waals surface area contributed by atoms with E-state index in [-0.39, 0.29) is 5.92 Å². The van der Waals surface area contributed by atoms with Crippen molar-refractivity contribution in [1.82, 2.24) is 9.55 Å². The summed E-state index contributed by atoms with van der Waals surface area (Å²) in [4.78, 5) is 16.6. The zero-order valence-corrected chi connectivity index (χ0v) is 18.6. The molecular formula is C25H35N3O3. The van der Waals surface area contributed by atoms with Crippen molar-refractivity contribution in [3.63, 3.8) is 0 Å². The van der Waals surface area contributed by atoms with E-state index in [1.54, 1.807) is 0 Å². The number of aliphatic carboxylic acids is 1. The average Bonchev–Trinajstić information content (AvgIpc) is 3.17. The lowest BCUT2D eigenvalue weighted by atomic mass is 9.86. The maximum Gasteiger partial charge on any atom is 0.306 e. The molecule has 6 heteroatoms. The minimum absolute atomic E-state index is 0.202. The number of carbonyl (C=O) groups is 1. The number of imidazole rings is 1. The molecule has 1 atom stereocenters. The summed E-state index contributed by atoms with van der Waals surface area (Å²) in [7, 11) is 0. The Morgan fingerprint density at radius 1 is 1.13 bits per heavy atom. The van der Waals surface area contributed by atoms with Gasteiger partial charge in [0.25, 0.3) is 0 Å². The number of aromatic nitrogens is 2. The van der Waals surface area contributed by atoms with Crippen molar-refractivity contribution in [2.75, 3.05) is 5.32 Å². The van der Waals surface area contributed by atoms with Crippen molar-refractivity contribution in [1.29, 1.82) is 0 Å². The summed E-state index contributed by atoms with van der Waals surface area (Å²) in [6, 6.07) is 5.21. The van der Waals surface area contributed by atoms with Gasteiger partial charge in [0, 0.05) is 23.3 Å². The van der Waals surface area contributed by atoms with Crippen LogP contribution in [0.15, 0.2) is 12.1 Å². The molecule has 2 aliphatic carbocycles. The molecule has 0 spiro atoms. The van der Waals surface area contributed by atoms with Crippen LogP contribution in [0, 0.1) is 5.92 Å². The van der Waals surface area contributed by atoms with E-state index >= 15 is 0 Å². The average molecular weight is 426 g/mol. The van der Waals surface area contributed by atoms with Crippen LogP contribution in [0.1, 0.15) is 88.6 Å². The van der Waals surface area contributed by atoms with Gasteiger partial charge in [-0.25, -0.2) is 4.98 Å². The molecule has 1 aliphatic heterocycles. The van der Waals surface area contributed by atoms with Gasteiger partial charge in [-0.05, 0) is 70.4 Å². The molecule has 0 bridgehead atoms. The van der Waals surface area contributed by atoms with E-state index in [9.17, 15) is 9.90 Å². The molecule has 0 amide bonds. The van der Waals surface area contributed by atoms with Crippen LogP contribution in [-0.4, -0.2) is 32.8 Å². The molecule has 0 saturated heterocycles. The third kappa shape index (κ3) is 4.19. The molecule has 6 nitrogen and oxygen atoms in total. The number of carboxylic acids is 1. The molecule has 1 aromatic heterocycles. The highest BCUT2D eigenvalue weighted by Gasteiger charge is 2.30. The number of aryl methyl sites for hydroxylation is 1. The second-order valence-corrected chi connectivity index (χ2v) is 9.86. The number of nitrogens with zero attached hydrogens (tertiary/aromatic N) is 2. The molecule has 0 unspecified atom stereocenters. The summed E-state index contributed by atoms with van der Waals surface area (Å²) in [5.41, 5.74) is 4.84. The molecule has 1 aromatic carbocycles. The normalized spacial score (nSPS) is 27.1. The lowest BCUT2D eigenvalue weighted by Gasteiger charge is -2.30. The monoisotopic (exact) mass is 425 g/mol. The minimum Gasteiger partial charge on any atom is -0.481 e. The zero-order valence-electron chi connectivity index (χ0n) is 18.6. The van der Waals surface area contributed by atoms with Gasteiger partial charge in [-0.1, -0.05) is 19.3 Å². The third-order valence-electron chi connectivity index (χ3n) is 7.68. The highest BCUT2D eigenvalue weighted by molar-refractivity contribution is 5.86. The molecule has 3 aliphatic rings. The van der Waals surface area contributed by atoms with Gasteiger partial charge in [-0.2, -0.15) is 0 Å². The first-order valence-electron chi connectivity index (χ1n) is 12.2. The third-order valence-corrected chi connectivity index (χ3v) is 7.68. The number of hydrogen-bond donors (Lipinski definition) is 2. The minimum atomic E-state index is -0.649. The number of rotatable bonds is 5. The highest BCUT2D eigenvalue weighted by atomic mass is 16.5. The lowest BCUT2D eigenvalue weighted by Crippen LogP contribution is -2.25. The summed E-state index contributed by atoms with van der Waals surface area (Å²) in [6.07, 6.45) is 11.9. The molecule has 168 valence electrons. The van der Waals surface area contributed by atoms with Crippen LogP contribution in [0.4, 0.5) is 5.69 Å². The van der Waals surface area contributed by atoms with Crippen LogP contribution < -0.4 is 5.32 Å². The summed E-state index contributed by atoms with van der Waals surface area (Å²) >= 11 is 0. The summed E-state index contributed by atoms with van der Waals surface area (Å²) in [6.45, 7) is 2.78. The van der Waals surface area contributed by atoms with Crippen molar-refractivity contribution in [2.45, 2.75) is 102 Å². The van der Waals surface area contributed by atoms with E-state index in [4.69, 9.17) is 9.72 Å². The Kier molecular flexibility index (Phi) is 5.91. The summed E-state index contributed by atoms with van der Waals surface area (Å²) in [5, 5.41) is 13.0. The van der Waals surface area contributed by atoms with Crippen molar-refractivity contribution in [2.24, 2.45) is 5.92 Å². The van der Waals surface area contributed by atoms with Gasteiger partial charge in [0.1, 0.15) is 12.4 Å². The Hall–Kier alpha value is -2.08. The second kappa shape index (κ2) is 8.81. The fourth-order valence-corrected chi connectivity index (χ4v) is 5.87. The van der Waals surface area contributed by atoms with E-state index in [1.807, 2.05) is 0 Å².